The number of carbonyl (C=O) groups is 1. The lowest BCUT2D eigenvalue weighted by atomic mass is 10.0. The van der Waals surface area contributed by atoms with Gasteiger partial charge in [0.2, 0.25) is 0 Å². The maximum Gasteiger partial charge on any atom is 0.573 e. The van der Waals surface area contributed by atoms with E-state index in [2.05, 4.69) is 21.0 Å². The molecule has 0 radical (unpaired) electrons. The Labute approximate surface area is 240 Å². The van der Waals surface area contributed by atoms with Gasteiger partial charge in [0.25, 0.3) is 0 Å². The zero-order chi connectivity index (χ0) is 30.1. The van der Waals surface area contributed by atoms with Crippen molar-refractivity contribution in [1.29, 1.82) is 5.26 Å². The van der Waals surface area contributed by atoms with Crippen LogP contribution in [-0.2, 0) is 4.74 Å². The Morgan fingerprint density at radius 3 is 2.17 bits per heavy atom. The second-order valence-electron chi connectivity index (χ2n) is 10.9. The minimum Gasteiger partial charge on any atom is -0.444 e. The van der Waals surface area contributed by atoms with E-state index in [1.54, 1.807) is 24.3 Å². The van der Waals surface area contributed by atoms with Crippen molar-refractivity contribution in [1.82, 2.24) is 15.3 Å². The van der Waals surface area contributed by atoms with E-state index in [0.717, 1.165) is 18.7 Å². The standard InChI is InChI=1S/C31H28F3N5O3/c1-30(2,3)42-29(40)36-22-14-15-39(18-22)23-10-13-25-26(16-23)38-28(20-6-4-19(17-35)5-7-20)27(37-25)21-8-11-24(12-9-21)41-31(32,33)34/h4-13,16,22H,14-15,18H2,1-3H3,(H,36,40)/t22-/m0/s1. The molecule has 2 heterocycles. The number of nitrogens with zero attached hydrogens (tertiary/aromatic N) is 4. The minimum atomic E-state index is -4.79. The largest absolute Gasteiger partial charge is 0.573 e. The zero-order valence-corrected chi connectivity index (χ0v) is 23.2. The fourth-order valence-corrected chi connectivity index (χ4v) is 4.75. The van der Waals surface area contributed by atoms with Crippen LogP contribution in [0.3, 0.4) is 0 Å². The Bertz CT molecular complexity index is 1640. The van der Waals surface area contributed by atoms with Crippen LogP contribution in [0.5, 0.6) is 5.75 Å². The third-order valence-electron chi connectivity index (χ3n) is 6.57. The van der Waals surface area contributed by atoms with Crippen molar-refractivity contribution in [2.75, 3.05) is 18.0 Å². The van der Waals surface area contributed by atoms with Crippen molar-refractivity contribution in [3.63, 3.8) is 0 Å². The topological polar surface area (TPSA) is 100 Å². The lowest BCUT2D eigenvalue weighted by Crippen LogP contribution is -2.40. The number of hydrogen-bond donors (Lipinski definition) is 1. The third-order valence-corrected chi connectivity index (χ3v) is 6.57. The number of nitrogens with one attached hydrogen (secondary N) is 1. The van der Waals surface area contributed by atoms with Gasteiger partial charge in [-0.3, -0.25) is 0 Å². The number of benzene rings is 3. The predicted molar refractivity (Wildman–Crippen MR) is 152 cm³/mol. The summed E-state index contributed by atoms with van der Waals surface area (Å²) in [5, 5.41) is 12.2. The molecule has 0 saturated carbocycles. The number of aromatic nitrogens is 2. The number of rotatable bonds is 5. The fraction of sp³-hybridized carbons (Fsp3) is 0.290. The molecule has 1 fully saturated rings. The van der Waals surface area contributed by atoms with Gasteiger partial charge >= 0.3 is 12.5 Å². The van der Waals surface area contributed by atoms with E-state index in [9.17, 15) is 23.2 Å². The van der Waals surface area contributed by atoms with Gasteiger partial charge in [-0.15, -0.1) is 13.2 Å². The molecule has 1 aliphatic rings. The molecule has 8 nitrogen and oxygen atoms in total. The van der Waals surface area contributed by atoms with Crippen LogP contribution in [0.1, 0.15) is 32.8 Å². The first-order valence-electron chi connectivity index (χ1n) is 13.3. The molecule has 1 aliphatic heterocycles. The van der Waals surface area contributed by atoms with Crippen LogP contribution in [0.2, 0.25) is 0 Å². The number of carbonyl (C=O) groups excluding carboxylic acids is 1. The van der Waals surface area contributed by atoms with Crippen molar-refractivity contribution >= 4 is 22.8 Å². The van der Waals surface area contributed by atoms with Gasteiger partial charge in [-0.25, -0.2) is 14.8 Å². The van der Waals surface area contributed by atoms with Crippen molar-refractivity contribution < 1.29 is 27.4 Å². The van der Waals surface area contributed by atoms with Crippen LogP contribution in [0.25, 0.3) is 33.5 Å². The molecule has 42 heavy (non-hydrogen) atoms. The van der Waals surface area contributed by atoms with E-state index in [-0.39, 0.29) is 11.8 Å². The summed E-state index contributed by atoms with van der Waals surface area (Å²) in [4.78, 5) is 24.1. The van der Waals surface area contributed by atoms with Crippen LogP contribution in [0, 0.1) is 11.3 Å². The van der Waals surface area contributed by atoms with Crippen molar-refractivity contribution in [2.45, 2.75) is 45.2 Å². The first-order chi connectivity index (χ1) is 19.9. The summed E-state index contributed by atoms with van der Waals surface area (Å²) in [5.74, 6) is -0.338. The number of alkyl halides is 3. The Hall–Kier alpha value is -4.85. The van der Waals surface area contributed by atoms with E-state index >= 15 is 0 Å². The van der Waals surface area contributed by atoms with Gasteiger partial charge in [0.05, 0.1) is 40.1 Å². The highest BCUT2D eigenvalue weighted by Gasteiger charge is 2.31. The van der Waals surface area contributed by atoms with Gasteiger partial charge in [-0.2, -0.15) is 5.26 Å². The molecule has 1 aromatic heterocycles. The van der Waals surface area contributed by atoms with Crippen LogP contribution in [0.4, 0.5) is 23.7 Å². The van der Waals surface area contributed by atoms with Crippen LogP contribution in [0.15, 0.2) is 66.7 Å². The number of anilines is 1. The highest BCUT2D eigenvalue weighted by molar-refractivity contribution is 5.88. The fourth-order valence-electron chi connectivity index (χ4n) is 4.75. The second kappa shape index (κ2) is 11.2. The molecule has 11 heteroatoms. The SMILES string of the molecule is CC(C)(C)OC(=O)N[C@H]1CCN(c2ccc3nc(-c4ccc(OC(F)(F)F)cc4)c(-c4ccc(C#N)cc4)nc3c2)C1. The van der Waals surface area contributed by atoms with Crippen molar-refractivity contribution in [3.05, 3.63) is 72.3 Å². The van der Waals surface area contributed by atoms with Gasteiger partial charge in [-0.05, 0) is 81.8 Å². The minimum absolute atomic E-state index is 0.0671. The van der Waals surface area contributed by atoms with Crippen molar-refractivity contribution in [2.24, 2.45) is 0 Å². The number of nitriles is 1. The number of fused-ring (bicyclic) bond motifs is 1. The summed E-state index contributed by atoms with van der Waals surface area (Å²) < 4.78 is 47.4. The first kappa shape index (κ1) is 28.7. The molecule has 0 aliphatic carbocycles. The van der Waals surface area contributed by atoms with Crippen molar-refractivity contribution in [3.8, 4) is 34.3 Å². The number of halogens is 3. The summed E-state index contributed by atoms with van der Waals surface area (Å²) in [5.41, 5.74) is 4.27. The molecule has 1 saturated heterocycles. The van der Waals surface area contributed by atoms with Crippen LogP contribution in [-0.4, -0.2) is 47.2 Å². The second-order valence-corrected chi connectivity index (χ2v) is 10.9. The van der Waals surface area contributed by atoms with Gasteiger partial charge in [0, 0.05) is 29.9 Å². The summed E-state index contributed by atoms with van der Waals surface area (Å²) in [6, 6.07) is 20.0. The van der Waals surface area contributed by atoms with Gasteiger partial charge in [0.15, 0.2) is 0 Å². The molecule has 1 atom stereocenters. The highest BCUT2D eigenvalue weighted by atomic mass is 19.4. The van der Waals surface area contributed by atoms with Gasteiger partial charge in [0.1, 0.15) is 11.4 Å². The Morgan fingerprint density at radius 1 is 0.952 bits per heavy atom. The first-order valence-corrected chi connectivity index (χ1v) is 13.3. The van der Waals surface area contributed by atoms with E-state index < -0.39 is 18.1 Å². The smallest absolute Gasteiger partial charge is 0.444 e. The third kappa shape index (κ3) is 6.89. The molecule has 0 bridgehead atoms. The summed E-state index contributed by atoms with van der Waals surface area (Å²) >= 11 is 0. The monoisotopic (exact) mass is 575 g/mol. The lowest BCUT2D eigenvalue weighted by molar-refractivity contribution is -0.274. The average molecular weight is 576 g/mol. The molecule has 0 spiro atoms. The molecule has 4 aromatic rings. The number of amides is 1. The molecule has 0 unspecified atom stereocenters. The molecule has 5 rings (SSSR count). The molecular formula is C31H28F3N5O3. The van der Waals surface area contributed by atoms with E-state index in [0.29, 0.717) is 45.7 Å². The summed E-state index contributed by atoms with van der Waals surface area (Å²) in [7, 11) is 0. The van der Waals surface area contributed by atoms with E-state index in [4.69, 9.17) is 14.7 Å². The maximum absolute atomic E-state index is 12.7. The van der Waals surface area contributed by atoms with Gasteiger partial charge in [-0.1, -0.05) is 12.1 Å². The maximum atomic E-state index is 12.7. The molecular weight excluding hydrogens is 547 g/mol. The summed E-state index contributed by atoms with van der Waals surface area (Å²) in [6.07, 6.45) is -4.49. The van der Waals surface area contributed by atoms with Crippen LogP contribution < -0.4 is 15.0 Å². The molecule has 216 valence electrons. The predicted octanol–water partition coefficient (Wildman–Crippen LogP) is 6.84. The molecule has 1 N–H and O–H groups in total. The lowest BCUT2D eigenvalue weighted by Gasteiger charge is -2.22. The Balaban J connectivity index is 1.47. The molecule has 1 amide bonds. The van der Waals surface area contributed by atoms with E-state index in [1.165, 1.54) is 24.3 Å². The number of hydrogen-bond acceptors (Lipinski definition) is 7. The number of alkyl carbamates (subject to hydrolysis) is 1. The Kier molecular flexibility index (Phi) is 7.65. The molecule has 3 aromatic carbocycles. The quantitative estimate of drug-likeness (QED) is 0.278. The number of ether oxygens (including phenoxy) is 2. The summed E-state index contributed by atoms with van der Waals surface area (Å²) in [6.45, 7) is 6.78. The highest BCUT2D eigenvalue weighted by Crippen LogP contribution is 2.34. The van der Waals surface area contributed by atoms with Gasteiger partial charge < -0.3 is 19.7 Å². The normalized spacial score (nSPS) is 15.4. The van der Waals surface area contributed by atoms with Crippen LogP contribution >= 0.6 is 0 Å². The average Bonchev–Trinajstić information content (AvgIpc) is 3.39. The Morgan fingerprint density at radius 2 is 1.57 bits per heavy atom. The van der Waals surface area contributed by atoms with E-state index in [1.807, 2.05) is 39.0 Å². The zero-order valence-electron chi connectivity index (χ0n) is 23.2.